The van der Waals surface area contributed by atoms with Gasteiger partial charge in [0.25, 0.3) is 0 Å². The largest absolute Gasteiger partial charge is 0.444 e. The molecule has 28 heavy (non-hydrogen) atoms. The molecule has 1 N–H and O–H groups in total. The summed E-state index contributed by atoms with van der Waals surface area (Å²) in [6.45, 7) is 6.94. The zero-order chi connectivity index (χ0) is 20.6. The van der Waals surface area contributed by atoms with E-state index in [4.69, 9.17) is 21.1 Å². The van der Waals surface area contributed by atoms with Crippen LogP contribution in [0.5, 0.6) is 0 Å². The molecule has 8 heteroatoms. The second-order valence-electron chi connectivity index (χ2n) is 8.47. The smallest absolute Gasteiger partial charge is 0.410 e. The average molecular weight is 476 g/mol. The summed E-state index contributed by atoms with van der Waals surface area (Å²) < 4.78 is 11.7. The number of hydrogen-bond acceptors (Lipinski definition) is 5. The van der Waals surface area contributed by atoms with Crippen LogP contribution in [0.2, 0.25) is 5.02 Å². The minimum atomic E-state index is -0.996. The molecule has 156 valence electrons. The minimum Gasteiger partial charge on any atom is -0.444 e. The van der Waals surface area contributed by atoms with E-state index >= 15 is 0 Å². The van der Waals surface area contributed by atoms with Crippen molar-refractivity contribution < 1.29 is 19.4 Å². The lowest BCUT2D eigenvalue weighted by atomic mass is 10.0. The maximum absolute atomic E-state index is 12.7. The third kappa shape index (κ3) is 4.65. The molecule has 1 aromatic rings. The van der Waals surface area contributed by atoms with E-state index < -0.39 is 11.9 Å². The molecule has 2 aliphatic heterocycles. The summed E-state index contributed by atoms with van der Waals surface area (Å²) in [5.41, 5.74) is 0.365. The van der Waals surface area contributed by atoms with Crippen LogP contribution in [-0.4, -0.2) is 65.2 Å². The van der Waals surface area contributed by atoms with Crippen LogP contribution in [0, 0.1) is 0 Å². The van der Waals surface area contributed by atoms with E-state index in [-0.39, 0.29) is 24.2 Å². The van der Waals surface area contributed by atoms with Crippen LogP contribution in [0.4, 0.5) is 4.79 Å². The molecule has 0 radical (unpaired) electrons. The van der Waals surface area contributed by atoms with Gasteiger partial charge in [0.15, 0.2) is 6.29 Å². The minimum absolute atomic E-state index is 0.0612. The first-order chi connectivity index (χ1) is 13.1. The Bertz CT molecular complexity index is 713. The lowest BCUT2D eigenvalue weighted by Gasteiger charge is -2.45. The number of halogens is 2. The van der Waals surface area contributed by atoms with Crippen molar-refractivity contribution >= 4 is 33.6 Å². The Morgan fingerprint density at radius 3 is 2.39 bits per heavy atom. The molecule has 2 heterocycles. The second-order valence-corrected chi connectivity index (χ2v) is 9.73. The molecular formula is C20H28BrClN2O4. The summed E-state index contributed by atoms with van der Waals surface area (Å²) >= 11 is 9.69. The standard InChI is InChI=1S/C20H28BrClN2O4/c1-20(2,3)28-19(26)24-13-6-7-14(24)11-23(10-13)17(18(25)27-4)12-5-8-15(21)16(22)9-12/h5,8-9,13-14,17-18,25H,6-7,10-11H2,1-4H3. The maximum atomic E-state index is 12.7. The molecule has 4 unspecified atom stereocenters. The van der Waals surface area contributed by atoms with Gasteiger partial charge in [-0.15, -0.1) is 0 Å². The van der Waals surface area contributed by atoms with Crippen molar-refractivity contribution in [1.82, 2.24) is 9.80 Å². The Kier molecular flexibility index (Phi) is 6.61. The number of carbonyl (C=O) groups excluding carboxylic acids is 1. The number of likely N-dealkylation sites (tertiary alicyclic amines) is 1. The lowest BCUT2D eigenvalue weighted by molar-refractivity contribution is -0.136. The summed E-state index contributed by atoms with van der Waals surface area (Å²) in [7, 11) is 1.49. The molecule has 2 aliphatic rings. The van der Waals surface area contributed by atoms with E-state index in [9.17, 15) is 9.90 Å². The number of aliphatic hydroxyl groups is 1. The summed E-state index contributed by atoms with van der Waals surface area (Å²) in [4.78, 5) is 16.8. The first-order valence-corrected chi connectivity index (χ1v) is 10.7. The summed E-state index contributed by atoms with van der Waals surface area (Å²) in [5.74, 6) is 0. The maximum Gasteiger partial charge on any atom is 0.410 e. The molecule has 0 aromatic heterocycles. The highest BCUT2D eigenvalue weighted by Gasteiger charge is 2.46. The van der Waals surface area contributed by atoms with Gasteiger partial charge in [-0.1, -0.05) is 17.7 Å². The molecule has 2 saturated heterocycles. The van der Waals surface area contributed by atoms with E-state index in [2.05, 4.69) is 20.8 Å². The number of ether oxygens (including phenoxy) is 2. The van der Waals surface area contributed by atoms with Gasteiger partial charge in [0.05, 0.1) is 11.1 Å². The number of amides is 1. The molecule has 6 nitrogen and oxygen atoms in total. The molecule has 2 bridgehead atoms. The number of benzene rings is 1. The SMILES string of the molecule is COC(O)C(c1ccc(Br)c(Cl)c1)N1CC2CCC(C1)N2C(=O)OC(C)(C)C. The summed E-state index contributed by atoms with van der Waals surface area (Å²) in [6, 6.07) is 5.42. The Morgan fingerprint density at radius 1 is 1.29 bits per heavy atom. The highest BCUT2D eigenvalue weighted by molar-refractivity contribution is 9.10. The lowest BCUT2D eigenvalue weighted by Crippen LogP contribution is -2.58. The van der Waals surface area contributed by atoms with Crippen molar-refractivity contribution in [2.45, 2.75) is 63.6 Å². The van der Waals surface area contributed by atoms with Crippen LogP contribution in [0.25, 0.3) is 0 Å². The van der Waals surface area contributed by atoms with Crippen LogP contribution < -0.4 is 0 Å². The fourth-order valence-corrected chi connectivity index (χ4v) is 4.59. The third-order valence-electron chi connectivity index (χ3n) is 5.30. The Balaban J connectivity index is 1.81. The number of hydrogen-bond donors (Lipinski definition) is 1. The van der Waals surface area contributed by atoms with Crippen LogP contribution in [0.1, 0.15) is 45.2 Å². The van der Waals surface area contributed by atoms with E-state index in [1.54, 1.807) is 0 Å². The van der Waals surface area contributed by atoms with Crippen LogP contribution in [0.15, 0.2) is 22.7 Å². The number of nitrogens with zero attached hydrogens (tertiary/aromatic N) is 2. The first-order valence-electron chi connectivity index (χ1n) is 9.52. The highest BCUT2D eigenvalue weighted by atomic mass is 79.9. The van der Waals surface area contributed by atoms with Gasteiger partial charge in [0.1, 0.15) is 5.60 Å². The van der Waals surface area contributed by atoms with Gasteiger partial charge < -0.3 is 14.6 Å². The Hall–Kier alpha value is -0.860. The van der Waals surface area contributed by atoms with Crippen LogP contribution in [0.3, 0.4) is 0 Å². The zero-order valence-corrected chi connectivity index (χ0v) is 19.0. The average Bonchev–Trinajstić information content (AvgIpc) is 2.87. The molecule has 3 rings (SSSR count). The van der Waals surface area contributed by atoms with Crippen molar-refractivity contribution in [3.63, 3.8) is 0 Å². The fourth-order valence-electron chi connectivity index (χ4n) is 4.16. The third-order valence-corrected chi connectivity index (χ3v) is 6.54. The monoisotopic (exact) mass is 474 g/mol. The van der Waals surface area contributed by atoms with Crippen LogP contribution >= 0.6 is 27.5 Å². The number of carbonyl (C=O) groups is 1. The van der Waals surface area contributed by atoms with E-state index in [0.29, 0.717) is 18.1 Å². The number of piperazine rings is 1. The van der Waals surface area contributed by atoms with E-state index in [1.807, 2.05) is 43.9 Å². The first kappa shape index (κ1) is 21.8. The molecule has 0 saturated carbocycles. The van der Waals surface area contributed by atoms with Crippen molar-refractivity contribution in [3.05, 3.63) is 33.3 Å². The highest BCUT2D eigenvalue weighted by Crippen LogP contribution is 2.38. The molecule has 1 aromatic carbocycles. The predicted molar refractivity (Wildman–Crippen MR) is 111 cm³/mol. The van der Waals surface area contributed by atoms with Gasteiger partial charge in [-0.05, 0) is 67.2 Å². The topological polar surface area (TPSA) is 62.2 Å². The van der Waals surface area contributed by atoms with E-state index in [1.165, 1.54) is 7.11 Å². The quantitative estimate of drug-likeness (QED) is 0.662. The van der Waals surface area contributed by atoms with Gasteiger partial charge in [-0.25, -0.2) is 4.79 Å². The second kappa shape index (κ2) is 8.48. The number of rotatable bonds is 4. The summed E-state index contributed by atoms with van der Waals surface area (Å²) in [5, 5.41) is 11.2. The number of aliphatic hydroxyl groups excluding tert-OH is 1. The van der Waals surface area contributed by atoms with E-state index in [0.717, 1.165) is 22.9 Å². The van der Waals surface area contributed by atoms with Crippen molar-refractivity contribution in [2.24, 2.45) is 0 Å². The molecular weight excluding hydrogens is 448 g/mol. The van der Waals surface area contributed by atoms with Gasteiger partial charge in [-0.2, -0.15) is 0 Å². The number of fused-ring (bicyclic) bond motifs is 2. The van der Waals surface area contributed by atoms with Gasteiger partial charge in [0.2, 0.25) is 0 Å². The molecule has 2 fully saturated rings. The Labute approximate surface area is 179 Å². The molecule has 4 atom stereocenters. The normalized spacial score (nSPS) is 24.9. The molecule has 1 amide bonds. The Morgan fingerprint density at radius 2 is 1.89 bits per heavy atom. The number of methoxy groups -OCH3 is 1. The van der Waals surface area contributed by atoms with Crippen LogP contribution in [-0.2, 0) is 9.47 Å². The fraction of sp³-hybridized carbons (Fsp3) is 0.650. The summed E-state index contributed by atoms with van der Waals surface area (Å²) in [6.07, 6.45) is 0.606. The molecule has 0 spiro atoms. The van der Waals surface area contributed by atoms with Gasteiger partial charge in [0, 0.05) is 36.8 Å². The van der Waals surface area contributed by atoms with Crippen molar-refractivity contribution in [2.75, 3.05) is 20.2 Å². The van der Waals surface area contributed by atoms with Crippen molar-refractivity contribution in [3.8, 4) is 0 Å². The van der Waals surface area contributed by atoms with Gasteiger partial charge in [-0.3, -0.25) is 9.80 Å². The molecule has 0 aliphatic carbocycles. The van der Waals surface area contributed by atoms with Gasteiger partial charge >= 0.3 is 6.09 Å². The predicted octanol–water partition coefficient (Wildman–Crippen LogP) is 4.19. The zero-order valence-electron chi connectivity index (χ0n) is 16.7. The van der Waals surface area contributed by atoms with Crippen molar-refractivity contribution in [1.29, 1.82) is 0 Å².